The number of benzene rings is 2. The molecule has 0 unspecified atom stereocenters. The molecule has 108 valence electrons. The maximum atomic E-state index is 12.0. The number of aliphatic hydroxyl groups excluding tert-OH is 1. The molecule has 21 heavy (non-hydrogen) atoms. The maximum absolute atomic E-state index is 12.0. The predicted octanol–water partition coefficient (Wildman–Crippen LogP) is 4.09. The van der Waals surface area contributed by atoms with Crippen LogP contribution in [0.3, 0.4) is 0 Å². The summed E-state index contributed by atoms with van der Waals surface area (Å²) < 4.78 is 0. The van der Waals surface area contributed by atoms with Gasteiger partial charge < -0.3 is 10.2 Å². The highest BCUT2D eigenvalue weighted by molar-refractivity contribution is 6.42. The lowest BCUT2D eigenvalue weighted by molar-refractivity contribution is 0.104. The van der Waals surface area contributed by atoms with E-state index >= 15 is 0 Å². The summed E-state index contributed by atoms with van der Waals surface area (Å²) in [7, 11) is 0. The van der Waals surface area contributed by atoms with E-state index in [1.807, 2.05) is 0 Å². The number of phenols is 1. The molecule has 2 rings (SSSR count). The summed E-state index contributed by atoms with van der Waals surface area (Å²) in [5, 5.41) is 19.4. The van der Waals surface area contributed by atoms with Gasteiger partial charge in [-0.05, 0) is 42.0 Å². The Balaban J connectivity index is 2.20. The molecule has 0 aliphatic heterocycles. The minimum absolute atomic E-state index is 0.0393. The Morgan fingerprint density at radius 3 is 2.52 bits per heavy atom. The van der Waals surface area contributed by atoms with Gasteiger partial charge >= 0.3 is 0 Å². The van der Waals surface area contributed by atoms with Crippen LogP contribution in [0.5, 0.6) is 5.75 Å². The lowest BCUT2D eigenvalue weighted by atomic mass is 10.1. The van der Waals surface area contributed by atoms with E-state index in [9.17, 15) is 9.90 Å². The van der Waals surface area contributed by atoms with Crippen molar-refractivity contribution in [1.29, 1.82) is 0 Å². The first-order valence-electron chi connectivity index (χ1n) is 6.11. The quantitative estimate of drug-likeness (QED) is 0.658. The molecule has 0 saturated carbocycles. The monoisotopic (exact) mass is 322 g/mol. The third kappa shape index (κ3) is 3.85. The molecule has 0 spiro atoms. The minimum atomic E-state index is -0.330. The molecular weight excluding hydrogens is 311 g/mol. The number of ketones is 1. The number of allylic oxidation sites excluding steroid dienone is 1. The van der Waals surface area contributed by atoms with Crippen LogP contribution in [0.15, 0.2) is 42.5 Å². The van der Waals surface area contributed by atoms with Crippen LogP contribution in [0.25, 0.3) is 6.08 Å². The molecule has 2 aromatic rings. The van der Waals surface area contributed by atoms with Crippen LogP contribution in [-0.4, -0.2) is 16.0 Å². The van der Waals surface area contributed by atoms with Crippen LogP contribution < -0.4 is 0 Å². The molecular formula is C16H12Cl2O3. The highest BCUT2D eigenvalue weighted by atomic mass is 35.5. The molecule has 2 aromatic carbocycles. The predicted molar refractivity (Wildman–Crippen MR) is 83.9 cm³/mol. The molecule has 0 aliphatic carbocycles. The van der Waals surface area contributed by atoms with Gasteiger partial charge in [0.25, 0.3) is 0 Å². The van der Waals surface area contributed by atoms with Gasteiger partial charge in [0.1, 0.15) is 5.75 Å². The molecule has 3 nitrogen and oxygen atoms in total. The second kappa shape index (κ2) is 6.76. The molecule has 0 heterocycles. The van der Waals surface area contributed by atoms with Crippen molar-refractivity contribution < 1.29 is 15.0 Å². The van der Waals surface area contributed by atoms with Crippen molar-refractivity contribution in [3.8, 4) is 5.75 Å². The van der Waals surface area contributed by atoms with Crippen LogP contribution in [0.4, 0.5) is 0 Å². The lowest BCUT2D eigenvalue weighted by Gasteiger charge is -2.03. The summed E-state index contributed by atoms with van der Waals surface area (Å²) >= 11 is 11.7. The van der Waals surface area contributed by atoms with Crippen LogP contribution in [-0.2, 0) is 6.61 Å². The van der Waals surface area contributed by atoms with Gasteiger partial charge in [-0.3, -0.25) is 4.79 Å². The van der Waals surface area contributed by atoms with E-state index in [0.717, 1.165) is 5.56 Å². The van der Waals surface area contributed by atoms with Crippen molar-refractivity contribution in [3.63, 3.8) is 0 Å². The standard InChI is InChI=1S/C16H12Cl2O3/c17-13-4-1-10(7-14(13)18)2-5-15(20)11-3-6-16(21)12(8-11)9-19/h1-8,19,21H,9H2. The van der Waals surface area contributed by atoms with Crippen LogP contribution >= 0.6 is 23.2 Å². The van der Waals surface area contributed by atoms with Gasteiger partial charge in [-0.25, -0.2) is 0 Å². The number of halogens is 2. The Morgan fingerprint density at radius 2 is 1.86 bits per heavy atom. The minimum Gasteiger partial charge on any atom is -0.508 e. The molecule has 0 fully saturated rings. The molecule has 0 aromatic heterocycles. The van der Waals surface area contributed by atoms with Gasteiger partial charge in [-0.15, -0.1) is 0 Å². The number of rotatable bonds is 4. The van der Waals surface area contributed by atoms with Crippen molar-refractivity contribution in [1.82, 2.24) is 0 Å². The number of carbonyl (C=O) groups is 1. The highest BCUT2D eigenvalue weighted by Crippen LogP contribution is 2.23. The SMILES string of the molecule is O=C(C=Cc1ccc(Cl)c(Cl)c1)c1ccc(O)c(CO)c1. The van der Waals surface area contributed by atoms with Crippen LogP contribution in [0, 0.1) is 0 Å². The average Bonchev–Trinajstić information content (AvgIpc) is 2.48. The zero-order chi connectivity index (χ0) is 15.4. The second-order valence-corrected chi connectivity index (χ2v) is 5.19. The zero-order valence-corrected chi connectivity index (χ0v) is 12.4. The fraction of sp³-hybridized carbons (Fsp3) is 0.0625. The third-order valence-corrected chi connectivity index (χ3v) is 3.64. The summed E-state index contributed by atoms with van der Waals surface area (Å²) in [6, 6.07) is 9.38. The Kier molecular flexibility index (Phi) is 5.02. The summed E-state index contributed by atoms with van der Waals surface area (Å²) in [6.07, 6.45) is 3.02. The summed E-state index contributed by atoms with van der Waals surface area (Å²) in [6.45, 7) is -0.330. The first-order valence-corrected chi connectivity index (χ1v) is 6.87. The molecule has 0 saturated heterocycles. The zero-order valence-electron chi connectivity index (χ0n) is 10.9. The van der Waals surface area contributed by atoms with E-state index in [1.165, 1.54) is 24.3 Å². The maximum Gasteiger partial charge on any atom is 0.185 e. The van der Waals surface area contributed by atoms with E-state index in [4.69, 9.17) is 28.3 Å². The largest absolute Gasteiger partial charge is 0.508 e. The Morgan fingerprint density at radius 1 is 1.10 bits per heavy atom. The Hall–Kier alpha value is -1.81. The van der Waals surface area contributed by atoms with E-state index in [1.54, 1.807) is 24.3 Å². The topological polar surface area (TPSA) is 57.5 Å². The molecule has 0 radical (unpaired) electrons. The average molecular weight is 323 g/mol. The smallest absolute Gasteiger partial charge is 0.185 e. The van der Waals surface area contributed by atoms with E-state index in [2.05, 4.69) is 0 Å². The highest BCUT2D eigenvalue weighted by Gasteiger charge is 2.06. The van der Waals surface area contributed by atoms with Crippen LogP contribution in [0.2, 0.25) is 10.0 Å². The normalized spacial score (nSPS) is 11.0. The van der Waals surface area contributed by atoms with Crippen molar-refractivity contribution in [3.05, 3.63) is 69.2 Å². The number of aromatic hydroxyl groups is 1. The van der Waals surface area contributed by atoms with Crippen molar-refractivity contribution >= 4 is 35.1 Å². The number of hydrogen-bond donors (Lipinski definition) is 2. The van der Waals surface area contributed by atoms with E-state index < -0.39 is 0 Å². The Labute approximate surface area is 132 Å². The lowest BCUT2D eigenvalue weighted by Crippen LogP contribution is -1.96. The first-order chi connectivity index (χ1) is 10.0. The van der Waals surface area contributed by atoms with Gasteiger partial charge in [0.15, 0.2) is 5.78 Å². The van der Waals surface area contributed by atoms with Gasteiger partial charge in [0.2, 0.25) is 0 Å². The summed E-state index contributed by atoms with van der Waals surface area (Å²) in [5.74, 6) is -0.279. The van der Waals surface area contributed by atoms with E-state index in [-0.39, 0.29) is 18.1 Å². The van der Waals surface area contributed by atoms with Gasteiger partial charge in [-0.1, -0.05) is 35.3 Å². The number of carbonyl (C=O) groups excluding carboxylic acids is 1. The molecule has 0 aliphatic rings. The number of aliphatic hydroxyl groups is 1. The Bertz CT molecular complexity index is 709. The van der Waals surface area contributed by atoms with Crippen LogP contribution in [0.1, 0.15) is 21.5 Å². The third-order valence-electron chi connectivity index (χ3n) is 2.91. The van der Waals surface area contributed by atoms with Crippen molar-refractivity contribution in [2.45, 2.75) is 6.61 Å². The summed E-state index contributed by atoms with van der Waals surface area (Å²) in [5.41, 5.74) is 1.44. The molecule has 0 bridgehead atoms. The molecule has 2 N–H and O–H groups in total. The summed E-state index contributed by atoms with van der Waals surface area (Å²) in [4.78, 5) is 12.0. The van der Waals surface area contributed by atoms with Gasteiger partial charge in [0.05, 0.1) is 16.7 Å². The molecule has 0 atom stereocenters. The number of hydrogen-bond acceptors (Lipinski definition) is 3. The second-order valence-electron chi connectivity index (χ2n) is 4.37. The van der Waals surface area contributed by atoms with Gasteiger partial charge in [-0.2, -0.15) is 0 Å². The van der Waals surface area contributed by atoms with Gasteiger partial charge in [0, 0.05) is 11.1 Å². The fourth-order valence-electron chi connectivity index (χ4n) is 1.75. The van der Waals surface area contributed by atoms with E-state index in [0.29, 0.717) is 21.2 Å². The van der Waals surface area contributed by atoms with Crippen molar-refractivity contribution in [2.75, 3.05) is 0 Å². The fourth-order valence-corrected chi connectivity index (χ4v) is 2.06. The molecule has 0 amide bonds. The molecule has 5 heteroatoms. The first kappa shape index (κ1) is 15.6. The van der Waals surface area contributed by atoms with Crippen molar-refractivity contribution in [2.24, 2.45) is 0 Å².